The van der Waals surface area contributed by atoms with E-state index in [1.807, 2.05) is 19.9 Å². The highest BCUT2D eigenvalue weighted by Gasteiger charge is 2.36. The number of esters is 1. The van der Waals surface area contributed by atoms with Gasteiger partial charge < -0.3 is 9.53 Å². The third kappa shape index (κ3) is 2.89. The number of aldehydes is 1. The summed E-state index contributed by atoms with van der Waals surface area (Å²) in [5.41, 5.74) is 1.51. The Kier molecular flexibility index (Phi) is 4.88. The van der Waals surface area contributed by atoms with Crippen molar-refractivity contribution < 1.29 is 14.3 Å². The average molecular weight is 250 g/mol. The Bertz CT molecular complexity index is 381. The molecule has 18 heavy (non-hydrogen) atoms. The first-order valence-corrected chi connectivity index (χ1v) is 6.37. The van der Waals surface area contributed by atoms with Crippen molar-refractivity contribution in [2.45, 2.75) is 39.5 Å². The molecule has 2 atom stereocenters. The quantitative estimate of drug-likeness (QED) is 0.428. The van der Waals surface area contributed by atoms with E-state index in [-0.39, 0.29) is 17.3 Å². The summed E-state index contributed by atoms with van der Waals surface area (Å²) in [6.45, 7) is 8.03. The molecule has 0 aromatic heterocycles. The molecule has 3 nitrogen and oxygen atoms in total. The lowest BCUT2D eigenvalue weighted by molar-refractivity contribution is -0.136. The molecule has 3 heteroatoms. The van der Waals surface area contributed by atoms with Crippen molar-refractivity contribution in [1.82, 2.24) is 0 Å². The van der Waals surface area contributed by atoms with E-state index >= 15 is 0 Å². The second kappa shape index (κ2) is 5.98. The fourth-order valence-corrected chi connectivity index (χ4v) is 2.58. The summed E-state index contributed by atoms with van der Waals surface area (Å²) in [6.07, 6.45) is 5.99. The van der Waals surface area contributed by atoms with Gasteiger partial charge in [-0.2, -0.15) is 0 Å². The number of rotatable bonds is 5. The topological polar surface area (TPSA) is 43.4 Å². The van der Waals surface area contributed by atoms with Gasteiger partial charge in [0.05, 0.1) is 7.11 Å². The van der Waals surface area contributed by atoms with Crippen molar-refractivity contribution in [2.75, 3.05) is 7.11 Å². The zero-order valence-corrected chi connectivity index (χ0v) is 11.5. The lowest BCUT2D eigenvalue weighted by atomic mass is 9.67. The van der Waals surface area contributed by atoms with Crippen LogP contribution in [0.3, 0.4) is 0 Å². The van der Waals surface area contributed by atoms with Crippen molar-refractivity contribution in [3.63, 3.8) is 0 Å². The molecule has 100 valence electrons. The van der Waals surface area contributed by atoms with Crippen LogP contribution in [0.1, 0.15) is 39.5 Å². The first-order chi connectivity index (χ1) is 8.46. The van der Waals surface area contributed by atoms with Gasteiger partial charge in [0.15, 0.2) is 0 Å². The van der Waals surface area contributed by atoms with Gasteiger partial charge in [-0.3, -0.25) is 0 Å². The molecule has 0 radical (unpaired) electrons. The summed E-state index contributed by atoms with van der Waals surface area (Å²) in [7, 11) is 1.40. The Labute approximate surface area is 109 Å². The number of hydrogen-bond donors (Lipinski definition) is 0. The molecular weight excluding hydrogens is 228 g/mol. The standard InChI is InChI=1S/C15H22O3/c1-11(2)15(7-5-9-16)8-6-12(3)13(10-15)14(17)18-4/h9-10,12H,1,5-8H2,2-4H3/t12-,15+/m1/s1. The third-order valence-electron chi connectivity index (χ3n) is 3.97. The van der Waals surface area contributed by atoms with Crippen LogP contribution in [0.15, 0.2) is 23.8 Å². The van der Waals surface area contributed by atoms with E-state index < -0.39 is 0 Å². The Morgan fingerprint density at radius 3 is 2.83 bits per heavy atom. The lowest BCUT2D eigenvalue weighted by Crippen LogP contribution is -2.29. The maximum Gasteiger partial charge on any atom is 0.333 e. The maximum atomic E-state index is 11.8. The molecule has 0 N–H and O–H groups in total. The molecule has 1 rings (SSSR count). The summed E-state index contributed by atoms with van der Waals surface area (Å²) in [6, 6.07) is 0. The molecule has 0 fully saturated rings. The van der Waals surface area contributed by atoms with E-state index in [0.29, 0.717) is 6.42 Å². The summed E-state index contributed by atoms with van der Waals surface area (Å²) in [5.74, 6) is -0.0555. The molecule has 0 amide bonds. The van der Waals surface area contributed by atoms with Gasteiger partial charge in [-0.05, 0) is 32.1 Å². The highest BCUT2D eigenvalue weighted by atomic mass is 16.5. The number of ether oxygens (including phenoxy) is 1. The fraction of sp³-hybridized carbons (Fsp3) is 0.600. The molecule has 0 spiro atoms. The van der Waals surface area contributed by atoms with E-state index in [4.69, 9.17) is 4.74 Å². The number of allylic oxidation sites excluding steroid dienone is 2. The van der Waals surface area contributed by atoms with E-state index in [0.717, 1.165) is 36.7 Å². The average Bonchev–Trinajstić information content (AvgIpc) is 2.37. The summed E-state index contributed by atoms with van der Waals surface area (Å²) < 4.78 is 4.83. The summed E-state index contributed by atoms with van der Waals surface area (Å²) >= 11 is 0. The van der Waals surface area contributed by atoms with Crippen molar-refractivity contribution in [1.29, 1.82) is 0 Å². The Balaban J connectivity index is 3.11. The second-order valence-corrected chi connectivity index (χ2v) is 5.17. The predicted octanol–water partition coefficient (Wildman–Crippen LogP) is 3.06. The second-order valence-electron chi connectivity index (χ2n) is 5.17. The van der Waals surface area contributed by atoms with Gasteiger partial charge in [0, 0.05) is 17.4 Å². The summed E-state index contributed by atoms with van der Waals surface area (Å²) in [5, 5.41) is 0. The molecule has 0 aromatic rings. The highest BCUT2D eigenvalue weighted by Crippen LogP contribution is 2.45. The van der Waals surface area contributed by atoms with Gasteiger partial charge in [0.2, 0.25) is 0 Å². The van der Waals surface area contributed by atoms with Crippen molar-refractivity contribution >= 4 is 12.3 Å². The van der Waals surface area contributed by atoms with Crippen molar-refractivity contribution in [3.05, 3.63) is 23.8 Å². The van der Waals surface area contributed by atoms with Crippen LogP contribution in [-0.2, 0) is 14.3 Å². The van der Waals surface area contributed by atoms with Crippen LogP contribution >= 0.6 is 0 Å². The SMILES string of the molecule is C=C(C)[C@]1(CCC=O)C=C(C(=O)OC)[C@H](C)CC1. The van der Waals surface area contributed by atoms with Gasteiger partial charge in [-0.1, -0.05) is 25.2 Å². The number of carbonyl (C=O) groups is 2. The fourth-order valence-electron chi connectivity index (χ4n) is 2.58. The van der Waals surface area contributed by atoms with Gasteiger partial charge >= 0.3 is 5.97 Å². The largest absolute Gasteiger partial charge is 0.466 e. The van der Waals surface area contributed by atoms with Gasteiger partial charge in [0.25, 0.3) is 0 Å². The third-order valence-corrected chi connectivity index (χ3v) is 3.97. The molecule has 0 unspecified atom stereocenters. The zero-order valence-electron chi connectivity index (χ0n) is 11.5. The predicted molar refractivity (Wildman–Crippen MR) is 71.0 cm³/mol. The van der Waals surface area contributed by atoms with Gasteiger partial charge in [-0.15, -0.1) is 0 Å². The Morgan fingerprint density at radius 2 is 2.33 bits per heavy atom. The molecule has 0 bridgehead atoms. The Hall–Kier alpha value is -1.38. The molecule has 0 heterocycles. The van der Waals surface area contributed by atoms with Crippen LogP contribution < -0.4 is 0 Å². The number of carbonyl (C=O) groups excluding carboxylic acids is 2. The minimum atomic E-state index is -0.265. The zero-order chi connectivity index (χ0) is 13.8. The minimum absolute atomic E-state index is 0.209. The molecule has 1 aliphatic carbocycles. The Morgan fingerprint density at radius 1 is 1.67 bits per heavy atom. The monoisotopic (exact) mass is 250 g/mol. The van der Waals surface area contributed by atoms with Crippen molar-refractivity contribution in [3.8, 4) is 0 Å². The molecule has 0 saturated carbocycles. The van der Waals surface area contributed by atoms with E-state index in [1.165, 1.54) is 7.11 Å². The van der Waals surface area contributed by atoms with Crippen LogP contribution in [0.4, 0.5) is 0 Å². The van der Waals surface area contributed by atoms with Crippen LogP contribution in [0.25, 0.3) is 0 Å². The van der Waals surface area contributed by atoms with Crippen LogP contribution in [0.2, 0.25) is 0 Å². The smallest absolute Gasteiger partial charge is 0.333 e. The molecular formula is C15H22O3. The van der Waals surface area contributed by atoms with E-state index in [9.17, 15) is 9.59 Å². The normalized spacial score (nSPS) is 27.3. The van der Waals surface area contributed by atoms with Crippen molar-refractivity contribution in [2.24, 2.45) is 11.3 Å². The summed E-state index contributed by atoms with van der Waals surface area (Å²) in [4.78, 5) is 22.4. The molecule has 0 aliphatic heterocycles. The van der Waals surface area contributed by atoms with Gasteiger partial charge in [0.1, 0.15) is 6.29 Å². The van der Waals surface area contributed by atoms with E-state index in [2.05, 4.69) is 6.58 Å². The molecule has 0 aromatic carbocycles. The van der Waals surface area contributed by atoms with Gasteiger partial charge in [-0.25, -0.2) is 4.79 Å². The minimum Gasteiger partial charge on any atom is -0.466 e. The maximum absolute atomic E-state index is 11.8. The highest BCUT2D eigenvalue weighted by molar-refractivity contribution is 5.89. The first kappa shape index (κ1) is 14.7. The lowest BCUT2D eigenvalue weighted by Gasteiger charge is -2.37. The first-order valence-electron chi connectivity index (χ1n) is 6.37. The molecule has 0 saturated heterocycles. The number of methoxy groups -OCH3 is 1. The van der Waals surface area contributed by atoms with Crippen LogP contribution in [0, 0.1) is 11.3 Å². The molecule has 1 aliphatic rings. The number of hydrogen-bond acceptors (Lipinski definition) is 3. The van der Waals surface area contributed by atoms with Crippen LogP contribution in [-0.4, -0.2) is 19.4 Å². The van der Waals surface area contributed by atoms with Crippen LogP contribution in [0.5, 0.6) is 0 Å². The van der Waals surface area contributed by atoms with E-state index in [1.54, 1.807) is 0 Å².